The van der Waals surface area contributed by atoms with E-state index in [1.165, 1.54) is 12.1 Å². The molecule has 7 heteroatoms. The Balaban J connectivity index is 2.42. The number of carbonyl (C=O) groups excluding carboxylic acids is 1. The largest absolute Gasteiger partial charge is 0.416 e. The summed E-state index contributed by atoms with van der Waals surface area (Å²) < 4.78 is 40.0. The van der Waals surface area contributed by atoms with Crippen molar-refractivity contribution in [3.05, 3.63) is 65.0 Å². The van der Waals surface area contributed by atoms with Gasteiger partial charge in [0.15, 0.2) is 0 Å². The van der Waals surface area contributed by atoms with E-state index < -0.39 is 17.5 Å². The third-order valence-electron chi connectivity index (χ3n) is 3.30. The van der Waals surface area contributed by atoms with Gasteiger partial charge in [-0.2, -0.15) is 18.4 Å². The van der Waals surface area contributed by atoms with Crippen molar-refractivity contribution in [1.82, 2.24) is 4.68 Å². The first kappa shape index (κ1) is 17.3. The Morgan fingerprint density at radius 1 is 1.25 bits per heavy atom. The number of nitriles is 1. The van der Waals surface area contributed by atoms with Crippen molar-refractivity contribution in [1.29, 1.82) is 5.26 Å². The fourth-order valence-corrected chi connectivity index (χ4v) is 2.15. The van der Waals surface area contributed by atoms with E-state index in [1.807, 2.05) is 0 Å². The predicted molar refractivity (Wildman–Crippen MR) is 83.9 cm³/mol. The summed E-state index contributed by atoms with van der Waals surface area (Å²) in [5.41, 5.74) is -0.782. The van der Waals surface area contributed by atoms with Crippen LogP contribution in [-0.4, -0.2) is 24.6 Å². The average molecular weight is 333 g/mol. The Labute approximate surface area is 137 Å². The number of benzene rings is 1. The summed E-state index contributed by atoms with van der Waals surface area (Å²) in [6, 6.07) is 9.22. The quantitative estimate of drug-likeness (QED) is 0.489. The molecule has 24 heavy (non-hydrogen) atoms. The molecular weight excluding hydrogens is 319 g/mol. The maximum atomic E-state index is 12.8. The molecule has 4 nitrogen and oxygen atoms in total. The van der Waals surface area contributed by atoms with E-state index in [1.54, 1.807) is 48.2 Å². The fraction of sp³-hybridized carbons (Fsp3) is 0.176. The smallest absolute Gasteiger partial charge is 0.319 e. The maximum Gasteiger partial charge on any atom is 0.416 e. The molecular formula is C17H14F3N3O. The molecule has 0 radical (unpaired) electrons. The second-order valence-electron chi connectivity index (χ2n) is 5.20. The molecule has 0 atom stereocenters. The van der Waals surface area contributed by atoms with E-state index in [9.17, 15) is 23.2 Å². The van der Waals surface area contributed by atoms with Gasteiger partial charge in [0, 0.05) is 25.9 Å². The number of halogens is 3. The van der Waals surface area contributed by atoms with E-state index >= 15 is 0 Å². The van der Waals surface area contributed by atoms with Crippen LogP contribution in [0.2, 0.25) is 0 Å². The fourth-order valence-electron chi connectivity index (χ4n) is 2.15. The van der Waals surface area contributed by atoms with Gasteiger partial charge >= 0.3 is 6.18 Å². The van der Waals surface area contributed by atoms with Gasteiger partial charge in [0.2, 0.25) is 5.78 Å². The van der Waals surface area contributed by atoms with Crippen LogP contribution in [0.15, 0.2) is 48.2 Å². The number of alkyl halides is 3. The standard InChI is InChI=1S/C17H14F3N3O/c1-22(2)23-8-4-7-15(23)10-13(11-21)16(24)12-5-3-6-14(9-12)17(18,19)20/h3-10H,1-2H3. The SMILES string of the molecule is CN(C)n1cccc1C=C(C#N)C(=O)c1cccc(C(F)(F)F)c1. The number of ketones is 1. The van der Waals surface area contributed by atoms with Crippen LogP contribution in [0.1, 0.15) is 21.6 Å². The van der Waals surface area contributed by atoms with Gasteiger partial charge in [-0.1, -0.05) is 12.1 Å². The molecule has 124 valence electrons. The summed E-state index contributed by atoms with van der Waals surface area (Å²) >= 11 is 0. The van der Waals surface area contributed by atoms with Crippen LogP contribution in [-0.2, 0) is 6.18 Å². The van der Waals surface area contributed by atoms with Gasteiger partial charge in [0.1, 0.15) is 11.6 Å². The molecule has 0 fully saturated rings. The van der Waals surface area contributed by atoms with E-state index in [-0.39, 0.29) is 11.1 Å². The first-order valence-corrected chi connectivity index (χ1v) is 6.92. The average Bonchev–Trinajstić information content (AvgIpc) is 2.99. The number of Topliss-reactive ketones (excluding diaryl/α,β-unsaturated/α-hetero) is 1. The number of aromatic nitrogens is 1. The lowest BCUT2D eigenvalue weighted by Gasteiger charge is -2.16. The molecule has 2 aromatic rings. The number of rotatable bonds is 4. The zero-order valence-corrected chi connectivity index (χ0v) is 13.0. The third kappa shape index (κ3) is 3.66. The molecule has 0 amide bonds. The molecule has 0 saturated carbocycles. The van der Waals surface area contributed by atoms with Crippen LogP contribution in [0.3, 0.4) is 0 Å². The molecule has 1 heterocycles. The molecule has 0 bridgehead atoms. The number of allylic oxidation sites excluding steroid dienone is 1. The summed E-state index contributed by atoms with van der Waals surface area (Å²) in [6.07, 6.45) is -1.47. The van der Waals surface area contributed by atoms with Crippen LogP contribution in [0.5, 0.6) is 0 Å². The Kier molecular flexibility index (Phi) is 4.79. The monoisotopic (exact) mass is 333 g/mol. The molecule has 1 aromatic carbocycles. The molecule has 0 unspecified atom stereocenters. The van der Waals surface area contributed by atoms with Crippen LogP contribution in [0, 0.1) is 11.3 Å². The van der Waals surface area contributed by atoms with Gasteiger partial charge in [-0.25, -0.2) is 0 Å². The van der Waals surface area contributed by atoms with Crippen molar-refractivity contribution >= 4 is 11.9 Å². The van der Waals surface area contributed by atoms with E-state index in [0.717, 1.165) is 18.2 Å². The third-order valence-corrected chi connectivity index (χ3v) is 3.30. The molecule has 1 aromatic heterocycles. The first-order chi connectivity index (χ1) is 11.2. The van der Waals surface area contributed by atoms with Crippen molar-refractivity contribution in [2.75, 3.05) is 19.1 Å². The maximum absolute atomic E-state index is 12.8. The van der Waals surface area contributed by atoms with Gasteiger partial charge < -0.3 is 5.01 Å². The number of nitrogens with zero attached hydrogens (tertiary/aromatic N) is 3. The van der Waals surface area contributed by atoms with Crippen molar-refractivity contribution in [2.24, 2.45) is 0 Å². The summed E-state index contributed by atoms with van der Waals surface area (Å²) in [6.45, 7) is 0. The minimum Gasteiger partial charge on any atom is -0.319 e. The van der Waals surface area contributed by atoms with Crippen molar-refractivity contribution in [2.45, 2.75) is 6.18 Å². The number of carbonyl (C=O) groups is 1. The molecule has 0 saturated heterocycles. The Bertz CT molecular complexity index is 826. The Hall–Kier alpha value is -3.01. The minimum atomic E-state index is -4.55. The van der Waals surface area contributed by atoms with Crippen LogP contribution < -0.4 is 5.01 Å². The second-order valence-corrected chi connectivity index (χ2v) is 5.20. The van der Waals surface area contributed by atoms with Gasteiger partial charge in [-0.15, -0.1) is 0 Å². The van der Waals surface area contributed by atoms with Gasteiger partial charge in [-0.05, 0) is 30.3 Å². The summed E-state index contributed by atoms with van der Waals surface area (Å²) in [5.74, 6) is -0.755. The highest BCUT2D eigenvalue weighted by Crippen LogP contribution is 2.30. The molecule has 0 N–H and O–H groups in total. The lowest BCUT2D eigenvalue weighted by Crippen LogP contribution is -2.24. The predicted octanol–water partition coefficient (Wildman–Crippen LogP) is 3.49. The lowest BCUT2D eigenvalue weighted by molar-refractivity contribution is -0.137. The zero-order chi connectivity index (χ0) is 17.9. The van der Waals surface area contributed by atoms with Crippen molar-refractivity contribution in [3.8, 4) is 6.07 Å². The normalized spacial score (nSPS) is 11.9. The summed E-state index contributed by atoms with van der Waals surface area (Å²) in [7, 11) is 3.55. The van der Waals surface area contributed by atoms with Gasteiger partial charge in [-0.3, -0.25) is 9.47 Å². The molecule has 0 aliphatic heterocycles. The molecule has 0 spiro atoms. The molecule has 0 aliphatic rings. The number of hydrogen-bond donors (Lipinski definition) is 0. The van der Waals surface area contributed by atoms with Crippen LogP contribution in [0.4, 0.5) is 13.2 Å². The summed E-state index contributed by atoms with van der Waals surface area (Å²) in [5, 5.41) is 11.0. The number of hydrogen-bond acceptors (Lipinski definition) is 3. The van der Waals surface area contributed by atoms with Crippen LogP contribution >= 0.6 is 0 Å². The lowest BCUT2D eigenvalue weighted by atomic mass is 10.0. The highest BCUT2D eigenvalue weighted by atomic mass is 19.4. The first-order valence-electron chi connectivity index (χ1n) is 6.92. The minimum absolute atomic E-state index is 0.180. The highest BCUT2D eigenvalue weighted by molar-refractivity contribution is 6.14. The van der Waals surface area contributed by atoms with Crippen molar-refractivity contribution < 1.29 is 18.0 Å². The summed E-state index contributed by atoms with van der Waals surface area (Å²) in [4.78, 5) is 12.4. The van der Waals surface area contributed by atoms with Gasteiger partial charge in [0.25, 0.3) is 0 Å². The van der Waals surface area contributed by atoms with E-state index in [0.29, 0.717) is 5.69 Å². The highest BCUT2D eigenvalue weighted by Gasteiger charge is 2.31. The van der Waals surface area contributed by atoms with E-state index in [2.05, 4.69) is 0 Å². The molecule has 0 aliphatic carbocycles. The van der Waals surface area contributed by atoms with Crippen molar-refractivity contribution in [3.63, 3.8) is 0 Å². The second kappa shape index (κ2) is 6.62. The molecule has 2 rings (SSSR count). The zero-order valence-electron chi connectivity index (χ0n) is 13.0. The van der Waals surface area contributed by atoms with Gasteiger partial charge in [0.05, 0.1) is 11.3 Å². The van der Waals surface area contributed by atoms with Crippen LogP contribution in [0.25, 0.3) is 6.08 Å². The Morgan fingerprint density at radius 3 is 2.54 bits per heavy atom. The topological polar surface area (TPSA) is 49.0 Å². The van der Waals surface area contributed by atoms with E-state index in [4.69, 9.17) is 0 Å². The Morgan fingerprint density at radius 2 is 1.96 bits per heavy atom.